The number of methoxy groups -OCH3 is 1. The lowest BCUT2D eigenvalue weighted by atomic mass is 10.1. The molecule has 3 heteroatoms. The second-order valence-electron chi connectivity index (χ2n) is 3.81. The van der Waals surface area contributed by atoms with Gasteiger partial charge < -0.3 is 10.1 Å². The number of hydrogen-bond acceptors (Lipinski definition) is 3. The molecule has 0 bridgehead atoms. The molecule has 1 aromatic rings. The van der Waals surface area contributed by atoms with Crippen LogP contribution in [-0.2, 0) is 0 Å². The highest BCUT2D eigenvalue weighted by Crippen LogP contribution is 2.18. The third-order valence-electron chi connectivity index (χ3n) is 2.54. The van der Waals surface area contributed by atoms with E-state index in [9.17, 15) is 4.79 Å². The summed E-state index contributed by atoms with van der Waals surface area (Å²) < 4.78 is 5.03. The first-order valence-corrected chi connectivity index (χ1v) is 5.20. The van der Waals surface area contributed by atoms with Crippen LogP contribution in [0.2, 0.25) is 0 Å². The SMILES string of the molecule is COc1ccc(C(=O)CNC2CC2)cc1. The molecule has 3 nitrogen and oxygen atoms in total. The summed E-state index contributed by atoms with van der Waals surface area (Å²) in [7, 11) is 1.62. The highest BCUT2D eigenvalue weighted by molar-refractivity contribution is 5.97. The van der Waals surface area contributed by atoms with E-state index in [1.807, 2.05) is 12.1 Å². The molecule has 0 atom stereocenters. The predicted molar refractivity (Wildman–Crippen MR) is 58.3 cm³/mol. The van der Waals surface area contributed by atoms with Crippen LogP contribution in [0.3, 0.4) is 0 Å². The van der Waals surface area contributed by atoms with Gasteiger partial charge in [-0.25, -0.2) is 0 Å². The molecule has 1 saturated carbocycles. The van der Waals surface area contributed by atoms with Gasteiger partial charge in [0.15, 0.2) is 5.78 Å². The van der Waals surface area contributed by atoms with Gasteiger partial charge in [0.25, 0.3) is 0 Å². The van der Waals surface area contributed by atoms with Crippen molar-refractivity contribution in [1.29, 1.82) is 0 Å². The quantitative estimate of drug-likeness (QED) is 0.742. The van der Waals surface area contributed by atoms with Gasteiger partial charge in [-0.15, -0.1) is 0 Å². The molecule has 1 aromatic carbocycles. The third-order valence-corrected chi connectivity index (χ3v) is 2.54. The van der Waals surface area contributed by atoms with Crippen LogP contribution in [0.4, 0.5) is 0 Å². The lowest BCUT2D eigenvalue weighted by Gasteiger charge is -2.03. The average Bonchev–Trinajstić information content (AvgIpc) is 3.10. The molecule has 0 saturated heterocycles. The normalized spacial score (nSPS) is 15.0. The Hall–Kier alpha value is -1.35. The van der Waals surface area contributed by atoms with E-state index in [1.54, 1.807) is 19.2 Å². The van der Waals surface area contributed by atoms with Crippen molar-refractivity contribution in [3.05, 3.63) is 29.8 Å². The predicted octanol–water partition coefficient (Wildman–Crippen LogP) is 1.63. The van der Waals surface area contributed by atoms with Crippen LogP contribution in [0.1, 0.15) is 23.2 Å². The summed E-state index contributed by atoms with van der Waals surface area (Å²) in [5.74, 6) is 0.922. The Morgan fingerprint density at radius 1 is 1.40 bits per heavy atom. The zero-order valence-corrected chi connectivity index (χ0v) is 8.82. The van der Waals surface area contributed by atoms with Gasteiger partial charge in [-0.2, -0.15) is 0 Å². The summed E-state index contributed by atoms with van der Waals surface area (Å²) in [5.41, 5.74) is 0.740. The molecule has 15 heavy (non-hydrogen) atoms. The van der Waals surface area contributed by atoms with Crippen molar-refractivity contribution >= 4 is 5.78 Å². The Bertz CT molecular complexity index is 341. The Labute approximate surface area is 89.4 Å². The maximum Gasteiger partial charge on any atom is 0.176 e. The van der Waals surface area contributed by atoms with E-state index in [-0.39, 0.29) is 5.78 Å². The van der Waals surface area contributed by atoms with Gasteiger partial charge in [-0.3, -0.25) is 4.79 Å². The van der Waals surface area contributed by atoms with Crippen LogP contribution in [-0.4, -0.2) is 25.5 Å². The summed E-state index contributed by atoms with van der Waals surface area (Å²) in [5, 5.41) is 3.20. The van der Waals surface area contributed by atoms with Gasteiger partial charge in [0.05, 0.1) is 13.7 Å². The summed E-state index contributed by atoms with van der Waals surface area (Å²) >= 11 is 0. The van der Waals surface area contributed by atoms with Gasteiger partial charge in [0.2, 0.25) is 0 Å². The van der Waals surface area contributed by atoms with Crippen molar-refractivity contribution in [2.24, 2.45) is 0 Å². The van der Waals surface area contributed by atoms with E-state index in [2.05, 4.69) is 5.32 Å². The molecule has 2 rings (SSSR count). The Morgan fingerprint density at radius 3 is 2.60 bits per heavy atom. The first kappa shape index (κ1) is 10.2. The minimum absolute atomic E-state index is 0.143. The number of ether oxygens (including phenoxy) is 1. The van der Waals surface area contributed by atoms with Crippen molar-refractivity contribution in [1.82, 2.24) is 5.32 Å². The molecule has 0 aromatic heterocycles. The highest BCUT2D eigenvalue weighted by atomic mass is 16.5. The molecule has 1 N–H and O–H groups in total. The molecule has 0 heterocycles. The number of nitrogens with one attached hydrogen (secondary N) is 1. The van der Waals surface area contributed by atoms with Crippen LogP contribution in [0.25, 0.3) is 0 Å². The Kier molecular flexibility index (Phi) is 3.02. The van der Waals surface area contributed by atoms with Gasteiger partial charge >= 0.3 is 0 Å². The minimum Gasteiger partial charge on any atom is -0.497 e. The molecule has 0 spiro atoms. The molecular formula is C12H15NO2. The summed E-state index contributed by atoms with van der Waals surface area (Å²) in [6.45, 7) is 0.441. The fraction of sp³-hybridized carbons (Fsp3) is 0.417. The number of ketones is 1. The fourth-order valence-electron chi connectivity index (χ4n) is 1.40. The van der Waals surface area contributed by atoms with Crippen LogP contribution in [0.15, 0.2) is 24.3 Å². The van der Waals surface area contributed by atoms with Crippen LogP contribution in [0.5, 0.6) is 5.75 Å². The monoisotopic (exact) mass is 205 g/mol. The zero-order chi connectivity index (χ0) is 10.7. The number of Topliss-reactive ketones (excluding diaryl/α,β-unsaturated/α-hetero) is 1. The molecule has 0 radical (unpaired) electrons. The summed E-state index contributed by atoms with van der Waals surface area (Å²) in [6, 6.07) is 7.80. The van der Waals surface area contributed by atoms with Gasteiger partial charge in [-0.1, -0.05) is 0 Å². The lowest BCUT2D eigenvalue weighted by Crippen LogP contribution is -2.24. The average molecular weight is 205 g/mol. The number of rotatable bonds is 5. The van der Waals surface area contributed by atoms with E-state index < -0.39 is 0 Å². The molecule has 80 valence electrons. The third kappa shape index (κ3) is 2.80. The maximum absolute atomic E-state index is 11.7. The van der Waals surface area contributed by atoms with E-state index in [0.29, 0.717) is 12.6 Å². The van der Waals surface area contributed by atoms with E-state index in [4.69, 9.17) is 4.74 Å². The molecule has 0 unspecified atom stereocenters. The van der Waals surface area contributed by atoms with Crippen molar-refractivity contribution in [2.75, 3.05) is 13.7 Å². The van der Waals surface area contributed by atoms with Crippen molar-refractivity contribution < 1.29 is 9.53 Å². The first-order chi connectivity index (χ1) is 7.29. The van der Waals surface area contributed by atoms with E-state index in [0.717, 1.165) is 11.3 Å². The smallest absolute Gasteiger partial charge is 0.176 e. The standard InChI is InChI=1S/C12H15NO2/c1-15-11-6-2-9(3-7-11)12(14)8-13-10-4-5-10/h2-3,6-7,10,13H,4-5,8H2,1H3. The fourth-order valence-corrected chi connectivity index (χ4v) is 1.40. The molecule has 1 fully saturated rings. The van der Waals surface area contributed by atoms with E-state index >= 15 is 0 Å². The molecule has 1 aliphatic carbocycles. The van der Waals surface area contributed by atoms with Gasteiger partial charge in [0.1, 0.15) is 5.75 Å². The number of benzene rings is 1. The Balaban J connectivity index is 1.91. The van der Waals surface area contributed by atoms with Crippen LogP contribution in [0, 0.1) is 0 Å². The van der Waals surface area contributed by atoms with Gasteiger partial charge in [0, 0.05) is 11.6 Å². The highest BCUT2D eigenvalue weighted by Gasteiger charge is 2.21. The van der Waals surface area contributed by atoms with Crippen molar-refractivity contribution in [2.45, 2.75) is 18.9 Å². The first-order valence-electron chi connectivity index (χ1n) is 5.20. The van der Waals surface area contributed by atoms with Crippen LogP contribution < -0.4 is 10.1 Å². The zero-order valence-electron chi connectivity index (χ0n) is 8.82. The number of hydrogen-bond donors (Lipinski definition) is 1. The van der Waals surface area contributed by atoms with Crippen LogP contribution >= 0.6 is 0 Å². The topological polar surface area (TPSA) is 38.3 Å². The molecule has 1 aliphatic rings. The second-order valence-corrected chi connectivity index (χ2v) is 3.81. The second kappa shape index (κ2) is 4.45. The number of carbonyl (C=O) groups is 1. The van der Waals surface area contributed by atoms with Crippen molar-refractivity contribution in [3.63, 3.8) is 0 Å². The largest absolute Gasteiger partial charge is 0.497 e. The molecular weight excluding hydrogens is 190 g/mol. The minimum atomic E-state index is 0.143. The Morgan fingerprint density at radius 2 is 2.07 bits per heavy atom. The van der Waals surface area contributed by atoms with Gasteiger partial charge in [-0.05, 0) is 37.1 Å². The molecule has 0 aliphatic heterocycles. The van der Waals surface area contributed by atoms with E-state index in [1.165, 1.54) is 12.8 Å². The maximum atomic E-state index is 11.7. The lowest BCUT2D eigenvalue weighted by molar-refractivity contribution is 0.0990. The summed E-state index contributed by atoms with van der Waals surface area (Å²) in [4.78, 5) is 11.7. The number of carbonyl (C=O) groups excluding carboxylic acids is 1. The summed E-state index contributed by atoms with van der Waals surface area (Å²) in [6.07, 6.45) is 2.41. The van der Waals surface area contributed by atoms with Crippen molar-refractivity contribution in [3.8, 4) is 5.75 Å². The molecule has 0 amide bonds.